The molecule has 6 aliphatic rings. The maximum Gasteiger partial charge on any atom is 0.308 e. The van der Waals surface area contributed by atoms with Crippen molar-refractivity contribution < 1.29 is 29.0 Å². The molecule has 0 spiro atoms. The lowest BCUT2D eigenvalue weighted by molar-refractivity contribution is -0.234. The van der Waals surface area contributed by atoms with Crippen LogP contribution in [0.3, 0.4) is 0 Å². The fourth-order valence-corrected chi connectivity index (χ4v) is 8.97. The molecule has 2 aromatic rings. The Morgan fingerprint density at radius 2 is 1.07 bits per heavy atom. The Hall–Kier alpha value is -2.12. The van der Waals surface area contributed by atoms with Crippen molar-refractivity contribution in [2.24, 2.45) is 33.5 Å². The van der Waals surface area contributed by atoms with Gasteiger partial charge in [0, 0.05) is 24.0 Å². The third-order valence-electron chi connectivity index (χ3n) is 10.7. The number of carboxylic acid groups (broad SMARTS) is 1. The van der Waals surface area contributed by atoms with Gasteiger partial charge < -0.3 is 9.84 Å². The van der Waals surface area contributed by atoms with Crippen molar-refractivity contribution >= 4 is 69.9 Å². The molecule has 6 aliphatic carbocycles. The highest BCUT2D eigenvalue weighted by Crippen LogP contribution is 2.78. The largest absolute Gasteiger partial charge is 0.481 e. The number of carbonyl (C=O) groups is 4. The molecule has 6 fully saturated rings. The second-order valence-corrected chi connectivity index (χ2v) is 15.2. The zero-order valence-electron chi connectivity index (χ0n) is 24.3. The van der Waals surface area contributed by atoms with Crippen molar-refractivity contribution in [2.45, 2.75) is 65.2 Å². The Bertz CT molecular complexity index is 1480. The van der Waals surface area contributed by atoms with Crippen molar-refractivity contribution in [3.8, 4) is 0 Å². The average Bonchev–Trinajstić information content (AvgIpc) is 2.88. The van der Waals surface area contributed by atoms with Crippen LogP contribution in [0.15, 0.2) is 36.4 Å². The predicted octanol–water partition coefficient (Wildman–Crippen LogP) is 9.00. The molecule has 2 aromatic carbocycles. The van der Waals surface area contributed by atoms with Crippen LogP contribution >= 0.6 is 46.4 Å². The van der Waals surface area contributed by atoms with Crippen LogP contribution in [-0.4, -0.2) is 35.7 Å². The minimum atomic E-state index is -0.737. The number of methoxy groups -OCH3 is 1. The Morgan fingerprint density at radius 3 is 1.40 bits per heavy atom. The normalized spacial score (nSPS) is 30.5. The second-order valence-electron chi connectivity index (χ2n) is 13.5. The molecule has 8 rings (SSSR count). The highest BCUT2D eigenvalue weighted by molar-refractivity contribution is 6.42. The molecule has 0 radical (unpaired) electrons. The number of aliphatic carboxylic acids is 1. The Kier molecular flexibility index (Phi) is 8.52. The summed E-state index contributed by atoms with van der Waals surface area (Å²) >= 11 is 23.6. The molecule has 230 valence electrons. The van der Waals surface area contributed by atoms with Crippen LogP contribution in [0.1, 0.15) is 85.9 Å². The van der Waals surface area contributed by atoms with Gasteiger partial charge in [-0.3, -0.25) is 19.2 Å². The van der Waals surface area contributed by atoms with E-state index in [2.05, 4.69) is 0 Å². The first-order valence-corrected chi connectivity index (χ1v) is 15.9. The van der Waals surface area contributed by atoms with Crippen molar-refractivity contribution in [3.63, 3.8) is 0 Å². The summed E-state index contributed by atoms with van der Waals surface area (Å²) in [7, 11) is 1.42. The van der Waals surface area contributed by atoms with Crippen LogP contribution in [0.4, 0.5) is 0 Å². The van der Waals surface area contributed by atoms with E-state index < -0.39 is 5.97 Å². The molecule has 4 bridgehead atoms. The first-order chi connectivity index (χ1) is 20.1. The summed E-state index contributed by atoms with van der Waals surface area (Å²) in [5, 5.41) is 10.8. The lowest BCUT2D eigenvalue weighted by Crippen LogP contribution is -2.66. The standard InChI is InChI=1S/C17H18Cl2O3.C16H16Cl2O3/c1-10(15(21)22-2)17-7-16(8-17,9-17)6-14(20)11-3-4-12(18)13(19)5-11;1-9(14(20)21)16-6-15(7-16,8-16)5-13(19)10-2-3-11(17)12(18)4-10/h3-5,10H,6-9H2,1-2H3;2-4,9H,5-8H2,1H3,(H,20,21). The number of carbonyl (C=O) groups excluding carboxylic acids is 3. The van der Waals surface area contributed by atoms with Gasteiger partial charge in [0.15, 0.2) is 11.6 Å². The summed E-state index contributed by atoms with van der Waals surface area (Å²) in [4.78, 5) is 47.5. The van der Waals surface area contributed by atoms with Crippen molar-refractivity contribution in [2.75, 3.05) is 7.11 Å². The molecular formula is C33H34Cl4O6. The molecule has 1 N–H and O–H groups in total. The van der Waals surface area contributed by atoms with Gasteiger partial charge in [0.1, 0.15) is 0 Å². The SMILES string of the molecule is CC(C(=O)O)C12CC(CC(=O)c3ccc(Cl)c(Cl)c3)(C1)C2.COC(=O)C(C)C12CC(CC(=O)c3ccc(Cl)c(Cl)c3)(C1)C2. The summed E-state index contributed by atoms with van der Waals surface area (Å²) in [6.45, 7) is 3.70. The number of ether oxygens (including phenoxy) is 1. The van der Waals surface area contributed by atoms with Gasteiger partial charge in [0.25, 0.3) is 0 Å². The van der Waals surface area contributed by atoms with Crippen molar-refractivity contribution in [3.05, 3.63) is 67.6 Å². The molecule has 0 aliphatic heterocycles. The molecule has 10 heteroatoms. The number of Topliss-reactive ketones (excluding diaryl/α,β-unsaturated/α-hetero) is 2. The molecule has 0 amide bonds. The van der Waals surface area contributed by atoms with E-state index in [0.29, 0.717) is 44.1 Å². The number of esters is 1. The molecule has 6 nitrogen and oxygen atoms in total. The fourth-order valence-electron chi connectivity index (χ4n) is 8.38. The number of hydrogen-bond donors (Lipinski definition) is 1. The second kappa shape index (κ2) is 11.3. The number of rotatable bonds is 10. The Balaban J connectivity index is 0.000000171. The van der Waals surface area contributed by atoms with Crippen LogP contribution < -0.4 is 0 Å². The first kappa shape index (κ1) is 32.3. The summed E-state index contributed by atoms with van der Waals surface area (Å²) in [5.41, 5.74) is 1.27. The van der Waals surface area contributed by atoms with Crippen LogP contribution in [0, 0.1) is 33.5 Å². The van der Waals surface area contributed by atoms with E-state index in [0.717, 1.165) is 38.5 Å². The molecule has 2 unspecified atom stereocenters. The number of halogens is 4. The fraction of sp³-hybridized carbons (Fsp3) is 0.515. The highest BCUT2D eigenvalue weighted by atomic mass is 35.5. The topological polar surface area (TPSA) is 97.7 Å². The van der Waals surface area contributed by atoms with E-state index in [1.54, 1.807) is 43.3 Å². The van der Waals surface area contributed by atoms with Gasteiger partial charge >= 0.3 is 11.9 Å². The van der Waals surface area contributed by atoms with Gasteiger partial charge in [-0.15, -0.1) is 0 Å². The van der Waals surface area contributed by atoms with Gasteiger partial charge in [0.05, 0.1) is 39.0 Å². The average molecular weight is 668 g/mol. The van der Waals surface area contributed by atoms with Gasteiger partial charge in [-0.25, -0.2) is 0 Å². The van der Waals surface area contributed by atoms with Gasteiger partial charge in [0.2, 0.25) is 0 Å². The van der Waals surface area contributed by atoms with Crippen LogP contribution in [0.25, 0.3) is 0 Å². The Labute approximate surface area is 271 Å². The van der Waals surface area contributed by atoms with Gasteiger partial charge in [-0.05, 0) is 96.6 Å². The molecule has 2 atom stereocenters. The third kappa shape index (κ3) is 5.74. The van der Waals surface area contributed by atoms with Crippen molar-refractivity contribution in [1.29, 1.82) is 0 Å². The summed E-state index contributed by atoms with van der Waals surface area (Å²) < 4.78 is 4.83. The molecule has 6 saturated carbocycles. The van der Waals surface area contributed by atoms with Crippen LogP contribution in [0.5, 0.6) is 0 Å². The quantitative estimate of drug-likeness (QED) is 0.201. The maximum absolute atomic E-state index is 12.4. The monoisotopic (exact) mass is 666 g/mol. The van der Waals surface area contributed by atoms with Gasteiger partial charge in [-0.1, -0.05) is 60.3 Å². The van der Waals surface area contributed by atoms with E-state index in [9.17, 15) is 19.2 Å². The summed E-state index contributed by atoms with van der Waals surface area (Å²) in [5.74, 6) is -1.13. The maximum atomic E-state index is 12.4. The zero-order chi connectivity index (χ0) is 31.5. The molecule has 43 heavy (non-hydrogen) atoms. The van der Waals surface area contributed by atoms with Gasteiger partial charge in [-0.2, -0.15) is 0 Å². The minimum Gasteiger partial charge on any atom is -0.481 e. The summed E-state index contributed by atoms with van der Waals surface area (Å²) in [6, 6.07) is 9.93. The van der Waals surface area contributed by atoms with E-state index in [4.69, 9.17) is 56.2 Å². The number of carboxylic acids is 1. The lowest BCUT2D eigenvalue weighted by atomic mass is 9.31. The number of hydrogen-bond acceptors (Lipinski definition) is 5. The highest BCUT2D eigenvalue weighted by Gasteiger charge is 2.71. The minimum absolute atomic E-state index is 0.0207. The number of ketones is 2. The molecule has 0 saturated heterocycles. The van der Waals surface area contributed by atoms with E-state index in [-0.39, 0.29) is 51.0 Å². The van der Waals surface area contributed by atoms with Crippen LogP contribution in [0.2, 0.25) is 20.1 Å². The predicted molar refractivity (Wildman–Crippen MR) is 166 cm³/mol. The molecule has 0 aromatic heterocycles. The lowest BCUT2D eigenvalue weighted by Gasteiger charge is -2.72. The zero-order valence-corrected chi connectivity index (χ0v) is 27.3. The van der Waals surface area contributed by atoms with E-state index >= 15 is 0 Å². The summed E-state index contributed by atoms with van der Waals surface area (Å²) in [6.07, 6.45) is 6.33. The van der Waals surface area contributed by atoms with Crippen molar-refractivity contribution in [1.82, 2.24) is 0 Å². The number of benzene rings is 2. The van der Waals surface area contributed by atoms with Crippen LogP contribution in [-0.2, 0) is 14.3 Å². The van der Waals surface area contributed by atoms with E-state index in [1.165, 1.54) is 7.11 Å². The molecule has 0 heterocycles. The Morgan fingerprint density at radius 1 is 0.698 bits per heavy atom. The third-order valence-corrected chi connectivity index (χ3v) is 12.2. The first-order valence-electron chi connectivity index (χ1n) is 14.4. The molecular weight excluding hydrogens is 634 g/mol. The van der Waals surface area contributed by atoms with E-state index in [1.807, 2.05) is 6.92 Å². The smallest absolute Gasteiger partial charge is 0.308 e.